The van der Waals surface area contributed by atoms with Gasteiger partial charge in [0.1, 0.15) is 0 Å². The Hall–Kier alpha value is -0.980. The number of nitrogens with zero attached hydrogens (tertiary/aromatic N) is 2. The first-order valence-electron chi connectivity index (χ1n) is 8.03. The van der Waals surface area contributed by atoms with E-state index in [1.807, 2.05) is 4.90 Å². The fraction of sp³-hybridized carbons (Fsp3) is 0.933. The highest BCUT2D eigenvalue weighted by Gasteiger charge is 2.46. The van der Waals surface area contributed by atoms with Crippen molar-refractivity contribution in [2.45, 2.75) is 57.2 Å². The lowest BCUT2D eigenvalue weighted by molar-refractivity contribution is -0.199. The summed E-state index contributed by atoms with van der Waals surface area (Å²) >= 11 is 0. The van der Waals surface area contributed by atoms with Crippen LogP contribution in [0.25, 0.3) is 0 Å². The van der Waals surface area contributed by atoms with Gasteiger partial charge >= 0.3 is 6.18 Å². The predicted octanol–water partition coefficient (Wildman–Crippen LogP) is 2.52. The maximum Gasteiger partial charge on any atom is 0.391 e. The van der Waals surface area contributed by atoms with Gasteiger partial charge < -0.3 is 15.7 Å². The Morgan fingerprint density at radius 3 is 2.55 bits per heavy atom. The number of likely N-dealkylation sites (tertiary alicyclic amines) is 1. The number of aliphatic imine (C=N–C) groups is 1. The number of halogens is 3. The maximum absolute atomic E-state index is 12.8. The van der Waals surface area contributed by atoms with E-state index < -0.39 is 17.7 Å². The molecule has 0 aromatic carbocycles. The lowest BCUT2D eigenvalue weighted by Crippen LogP contribution is -2.45. The normalized spacial score (nSPS) is 32.3. The summed E-state index contributed by atoms with van der Waals surface area (Å²) in [6.45, 7) is 3.78. The largest absolute Gasteiger partial charge is 0.391 e. The molecule has 7 heteroatoms. The molecule has 22 heavy (non-hydrogen) atoms. The Labute approximate surface area is 129 Å². The van der Waals surface area contributed by atoms with Gasteiger partial charge in [0.25, 0.3) is 0 Å². The molecule has 2 rings (SSSR count). The summed E-state index contributed by atoms with van der Waals surface area (Å²) in [5, 5.41) is 10.4. The van der Waals surface area contributed by atoms with E-state index in [0.29, 0.717) is 24.7 Å². The lowest BCUT2D eigenvalue weighted by Gasteiger charge is -2.37. The van der Waals surface area contributed by atoms with Gasteiger partial charge in [-0.05, 0) is 44.4 Å². The summed E-state index contributed by atoms with van der Waals surface area (Å²) < 4.78 is 38.5. The van der Waals surface area contributed by atoms with Crippen LogP contribution in [0.1, 0.15) is 45.4 Å². The Bertz CT molecular complexity index is 405. The van der Waals surface area contributed by atoms with Crippen LogP contribution in [0.3, 0.4) is 0 Å². The number of alkyl halides is 3. The van der Waals surface area contributed by atoms with Crippen molar-refractivity contribution in [1.82, 2.24) is 4.90 Å². The number of hydrogen-bond donors (Lipinski definition) is 2. The minimum absolute atomic E-state index is 0.0442. The molecule has 128 valence electrons. The molecule has 2 aliphatic rings. The molecule has 0 aromatic rings. The fourth-order valence-electron chi connectivity index (χ4n) is 3.33. The van der Waals surface area contributed by atoms with Gasteiger partial charge in [0.15, 0.2) is 5.96 Å². The third kappa shape index (κ3) is 4.51. The van der Waals surface area contributed by atoms with Crippen molar-refractivity contribution in [3.63, 3.8) is 0 Å². The van der Waals surface area contributed by atoms with Crippen molar-refractivity contribution in [2.75, 3.05) is 19.6 Å². The van der Waals surface area contributed by atoms with Crippen LogP contribution in [0.2, 0.25) is 0 Å². The molecule has 1 saturated carbocycles. The lowest BCUT2D eigenvalue weighted by atomic mass is 9.78. The summed E-state index contributed by atoms with van der Waals surface area (Å²) in [5.74, 6) is -0.424. The Morgan fingerprint density at radius 1 is 1.32 bits per heavy atom. The van der Waals surface area contributed by atoms with Crippen LogP contribution in [0.4, 0.5) is 13.2 Å². The number of rotatable bonds is 2. The summed E-state index contributed by atoms with van der Waals surface area (Å²) in [5.41, 5.74) is 4.55. The molecule has 0 bridgehead atoms. The Morgan fingerprint density at radius 2 is 1.95 bits per heavy atom. The predicted molar refractivity (Wildman–Crippen MR) is 79.4 cm³/mol. The first kappa shape index (κ1) is 17.4. The molecule has 1 aliphatic heterocycles. The second kappa shape index (κ2) is 6.64. The van der Waals surface area contributed by atoms with Gasteiger partial charge in [-0.1, -0.05) is 6.92 Å². The summed E-state index contributed by atoms with van der Waals surface area (Å²) in [4.78, 5) is 6.14. The molecule has 2 fully saturated rings. The van der Waals surface area contributed by atoms with Crippen LogP contribution in [-0.2, 0) is 0 Å². The fourth-order valence-corrected chi connectivity index (χ4v) is 3.33. The van der Waals surface area contributed by atoms with Gasteiger partial charge in [0, 0.05) is 13.1 Å². The van der Waals surface area contributed by atoms with E-state index >= 15 is 0 Å². The average Bonchev–Trinajstić information content (AvgIpc) is 2.45. The number of piperidine rings is 1. The number of guanidine groups is 1. The quantitative estimate of drug-likeness (QED) is 0.607. The van der Waals surface area contributed by atoms with E-state index in [9.17, 15) is 18.3 Å². The topological polar surface area (TPSA) is 61.8 Å². The van der Waals surface area contributed by atoms with Crippen LogP contribution >= 0.6 is 0 Å². The van der Waals surface area contributed by atoms with Gasteiger partial charge in [0.05, 0.1) is 18.1 Å². The van der Waals surface area contributed by atoms with Crippen molar-refractivity contribution in [3.05, 3.63) is 0 Å². The second-order valence-corrected chi connectivity index (χ2v) is 6.90. The molecular formula is C15H26F3N3O. The SMILES string of the molecule is CC1CCN(C(N)=NCC2(O)CCCC(C(F)(F)F)C2)CC1. The van der Waals surface area contributed by atoms with Crippen LogP contribution in [0, 0.1) is 11.8 Å². The molecule has 3 N–H and O–H groups in total. The van der Waals surface area contributed by atoms with Gasteiger partial charge in [0.2, 0.25) is 0 Å². The van der Waals surface area contributed by atoms with E-state index in [1.165, 1.54) is 0 Å². The summed E-state index contributed by atoms with van der Waals surface area (Å²) in [7, 11) is 0. The molecule has 2 unspecified atom stereocenters. The highest BCUT2D eigenvalue weighted by atomic mass is 19.4. The zero-order valence-corrected chi connectivity index (χ0v) is 13.1. The zero-order chi connectivity index (χ0) is 16.4. The van der Waals surface area contributed by atoms with E-state index in [2.05, 4.69) is 11.9 Å². The van der Waals surface area contributed by atoms with Gasteiger partial charge in [-0.15, -0.1) is 0 Å². The molecular weight excluding hydrogens is 295 g/mol. The van der Waals surface area contributed by atoms with E-state index in [4.69, 9.17) is 5.73 Å². The van der Waals surface area contributed by atoms with Crippen molar-refractivity contribution in [3.8, 4) is 0 Å². The first-order chi connectivity index (χ1) is 10.2. The van der Waals surface area contributed by atoms with Gasteiger partial charge in [-0.25, -0.2) is 0 Å². The second-order valence-electron chi connectivity index (χ2n) is 6.90. The van der Waals surface area contributed by atoms with Crippen LogP contribution in [0.5, 0.6) is 0 Å². The summed E-state index contributed by atoms with van der Waals surface area (Å²) in [6.07, 6.45) is -1.62. The third-order valence-electron chi connectivity index (χ3n) is 4.93. The van der Waals surface area contributed by atoms with Gasteiger partial charge in [-0.2, -0.15) is 13.2 Å². The average molecular weight is 321 g/mol. The molecule has 2 atom stereocenters. The number of hydrogen-bond acceptors (Lipinski definition) is 2. The maximum atomic E-state index is 12.8. The molecule has 1 saturated heterocycles. The van der Waals surface area contributed by atoms with Crippen molar-refractivity contribution in [2.24, 2.45) is 22.6 Å². The number of nitrogens with two attached hydrogens (primary N) is 1. The Balaban J connectivity index is 1.92. The van der Waals surface area contributed by atoms with Crippen molar-refractivity contribution >= 4 is 5.96 Å². The van der Waals surface area contributed by atoms with Crippen molar-refractivity contribution < 1.29 is 18.3 Å². The molecule has 0 radical (unpaired) electrons. The first-order valence-corrected chi connectivity index (χ1v) is 8.03. The monoisotopic (exact) mass is 321 g/mol. The Kier molecular flexibility index (Phi) is 5.25. The van der Waals surface area contributed by atoms with E-state index in [-0.39, 0.29) is 19.4 Å². The van der Waals surface area contributed by atoms with Gasteiger partial charge in [-0.3, -0.25) is 4.99 Å². The minimum atomic E-state index is -4.24. The van der Waals surface area contributed by atoms with Crippen LogP contribution in [0.15, 0.2) is 4.99 Å². The highest BCUT2D eigenvalue weighted by Crippen LogP contribution is 2.41. The number of aliphatic hydroxyl groups is 1. The molecule has 4 nitrogen and oxygen atoms in total. The third-order valence-corrected chi connectivity index (χ3v) is 4.93. The molecule has 1 heterocycles. The standard InChI is InChI=1S/C15H26F3N3O/c1-11-4-7-21(8-5-11)13(19)20-10-14(22)6-2-3-12(9-14)15(16,17)18/h11-12,22H,2-10H2,1H3,(H2,19,20). The van der Waals surface area contributed by atoms with E-state index in [1.54, 1.807) is 0 Å². The molecule has 0 amide bonds. The van der Waals surface area contributed by atoms with Crippen LogP contribution in [-0.4, -0.2) is 47.4 Å². The molecule has 0 aromatic heterocycles. The highest BCUT2D eigenvalue weighted by molar-refractivity contribution is 5.78. The smallest absolute Gasteiger partial charge is 0.388 e. The van der Waals surface area contributed by atoms with Crippen LogP contribution < -0.4 is 5.73 Å². The van der Waals surface area contributed by atoms with Crippen molar-refractivity contribution in [1.29, 1.82) is 0 Å². The summed E-state index contributed by atoms with van der Waals surface area (Å²) in [6, 6.07) is 0. The zero-order valence-electron chi connectivity index (χ0n) is 13.1. The minimum Gasteiger partial charge on any atom is -0.388 e. The molecule has 0 spiro atoms. The molecule has 1 aliphatic carbocycles. The van der Waals surface area contributed by atoms with E-state index in [0.717, 1.165) is 25.9 Å².